The summed E-state index contributed by atoms with van der Waals surface area (Å²) in [6.07, 6.45) is -4.40. The second-order valence-corrected chi connectivity index (χ2v) is 6.82. The van der Waals surface area contributed by atoms with Crippen molar-refractivity contribution in [2.24, 2.45) is 0 Å². The molecule has 1 unspecified atom stereocenters. The van der Waals surface area contributed by atoms with Gasteiger partial charge in [0.1, 0.15) is 16.7 Å². The summed E-state index contributed by atoms with van der Waals surface area (Å²) < 4.78 is 40.1. The average molecular weight is 457 g/mol. The zero-order valence-electron chi connectivity index (χ0n) is 14.7. The Balaban J connectivity index is 0.00000196. The largest absolute Gasteiger partial charge is 0.405 e. The number of piperazine rings is 1. The Kier molecular flexibility index (Phi) is 9.65. The van der Waals surface area contributed by atoms with Gasteiger partial charge in [0.15, 0.2) is 0 Å². The Morgan fingerprint density at radius 3 is 2.46 bits per heavy atom. The Labute approximate surface area is 177 Å². The molecule has 0 radical (unpaired) electrons. The summed E-state index contributed by atoms with van der Waals surface area (Å²) in [6.45, 7) is 1.13. The van der Waals surface area contributed by atoms with E-state index < -0.39 is 24.7 Å². The monoisotopic (exact) mass is 456 g/mol. The molecular weight excluding hydrogens is 436 g/mol. The molecule has 1 aromatic heterocycles. The minimum Gasteiger partial charge on any atom is -0.349 e. The molecule has 1 aliphatic heterocycles. The number of nitrogens with one attached hydrogen (secondary N) is 2. The molecule has 1 saturated heterocycles. The number of amides is 1. The third-order valence-corrected chi connectivity index (χ3v) is 5.08. The minimum absolute atomic E-state index is 0. The molecule has 5 nitrogen and oxygen atoms in total. The van der Waals surface area contributed by atoms with Crippen LogP contribution in [0.2, 0.25) is 0 Å². The standard InChI is InChI=1S/C17H19F3N4OS.2ClH/c18-17(19,20)14(24-8-6-21-7-9-24)10-22-15(25)13-11-26-16(23-13)12-4-2-1-3-5-12;;/h1-5,11,14,21H,6-10H2,(H,22,25);2*1H. The fourth-order valence-corrected chi connectivity index (χ4v) is 3.62. The van der Waals surface area contributed by atoms with E-state index in [2.05, 4.69) is 15.6 Å². The van der Waals surface area contributed by atoms with Gasteiger partial charge in [-0.15, -0.1) is 36.2 Å². The molecule has 1 amide bonds. The molecule has 2 heterocycles. The Morgan fingerprint density at radius 2 is 1.86 bits per heavy atom. The van der Waals surface area contributed by atoms with Crippen LogP contribution in [-0.2, 0) is 0 Å². The number of halogens is 5. The maximum Gasteiger partial charge on any atom is 0.405 e. The van der Waals surface area contributed by atoms with E-state index in [0.29, 0.717) is 31.2 Å². The van der Waals surface area contributed by atoms with Gasteiger partial charge < -0.3 is 10.6 Å². The number of benzene rings is 1. The van der Waals surface area contributed by atoms with Gasteiger partial charge in [-0.3, -0.25) is 9.69 Å². The first-order valence-corrected chi connectivity index (χ1v) is 9.14. The molecule has 156 valence electrons. The van der Waals surface area contributed by atoms with Crippen molar-refractivity contribution >= 4 is 42.1 Å². The lowest BCUT2D eigenvalue weighted by atomic mass is 10.2. The highest BCUT2D eigenvalue weighted by atomic mass is 35.5. The molecule has 1 aliphatic rings. The van der Waals surface area contributed by atoms with Crippen LogP contribution in [0.5, 0.6) is 0 Å². The average Bonchev–Trinajstić information content (AvgIpc) is 3.12. The van der Waals surface area contributed by atoms with E-state index in [-0.39, 0.29) is 30.5 Å². The predicted molar refractivity (Wildman–Crippen MR) is 109 cm³/mol. The number of carbonyl (C=O) groups is 1. The van der Waals surface area contributed by atoms with Gasteiger partial charge in [0.25, 0.3) is 5.91 Å². The number of carbonyl (C=O) groups excluding carboxylic acids is 1. The molecule has 2 aromatic rings. The summed E-state index contributed by atoms with van der Waals surface area (Å²) in [4.78, 5) is 17.8. The quantitative estimate of drug-likeness (QED) is 0.724. The molecule has 0 bridgehead atoms. The van der Waals surface area contributed by atoms with Crippen molar-refractivity contribution in [1.29, 1.82) is 0 Å². The first-order chi connectivity index (χ1) is 12.4. The van der Waals surface area contributed by atoms with E-state index in [1.165, 1.54) is 16.2 Å². The summed E-state index contributed by atoms with van der Waals surface area (Å²) >= 11 is 1.29. The maximum atomic E-state index is 13.4. The Bertz CT molecular complexity index is 740. The molecule has 1 atom stereocenters. The maximum absolute atomic E-state index is 13.4. The van der Waals surface area contributed by atoms with Crippen LogP contribution in [0.1, 0.15) is 10.5 Å². The SMILES string of the molecule is Cl.Cl.O=C(NCC(N1CCNCC1)C(F)(F)F)c1csc(-c2ccccc2)n1. The summed E-state index contributed by atoms with van der Waals surface area (Å²) in [7, 11) is 0. The van der Waals surface area contributed by atoms with Crippen LogP contribution in [0.4, 0.5) is 13.2 Å². The van der Waals surface area contributed by atoms with E-state index in [4.69, 9.17) is 0 Å². The molecule has 0 aliphatic carbocycles. The molecule has 1 fully saturated rings. The number of aromatic nitrogens is 1. The van der Waals surface area contributed by atoms with Gasteiger partial charge in [0, 0.05) is 43.7 Å². The zero-order chi connectivity index (χ0) is 18.6. The van der Waals surface area contributed by atoms with Crippen molar-refractivity contribution < 1.29 is 18.0 Å². The predicted octanol–water partition coefficient (Wildman–Crippen LogP) is 3.22. The molecular formula is C17H21Cl2F3N4OS. The van der Waals surface area contributed by atoms with E-state index in [9.17, 15) is 18.0 Å². The second kappa shape index (κ2) is 11.0. The summed E-state index contributed by atoms with van der Waals surface area (Å²) in [5.41, 5.74) is 1.00. The van der Waals surface area contributed by atoms with E-state index in [0.717, 1.165) is 5.56 Å². The smallest absolute Gasteiger partial charge is 0.349 e. The van der Waals surface area contributed by atoms with Crippen LogP contribution in [0.25, 0.3) is 10.6 Å². The summed E-state index contributed by atoms with van der Waals surface area (Å²) in [5, 5.41) is 7.63. The van der Waals surface area contributed by atoms with Crippen molar-refractivity contribution in [1.82, 2.24) is 20.5 Å². The van der Waals surface area contributed by atoms with E-state index in [1.807, 2.05) is 30.3 Å². The Morgan fingerprint density at radius 1 is 1.21 bits per heavy atom. The van der Waals surface area contributed by atoms with Crippen molar-refractivity contribution in [2.75, 3.05) is 32.7 Å². The number of hydrogen-bond acceptors (Lipinski definition) is 5. The molecule has 2 N–H and O–H groups in total. The van der Waals surface area contributed by atoms with Gasteiger partial charge in [-0.1, -0.05) is 30.3 Å². The van der Waals surface area contributed by atoms with Gasteiger partial charge in [-0.05, 0) is 0 Å². The second-order valence-electron chi connectivity index (χ2n) is 5.96. The van der Waals surface area contributed by atoms with Gasteiger partial charge in [0.05, 0.1) is 0 Å². The topological polar surface area (TPSA) is 57.3 Å². The van der Waals surface area contributed by atoms with Crippen molar-refractivity contribution in [3.05, 3.63) is 41.4 Å². The third-order valence-electron chi connectivity index (χ3n) is 4.18. The van der Waals surface area contributed by atoms with Crippen LogP contribution in [-0.4, -0.2) is 60.7 Å². The van der Waals surface area contributed by atoms with Crippen LogP contribution in [0.15, 0.2) is 35.7 Å². The lowest BCUT2D eigenvalue weighted by Gasteiger charge is -2.35. The van der Waals surface area contributed by atoms with Crippen molar-refractivity contribution in [2.45, 2.75) is 12.2 Å². The minimum atomic E-state index is -4.40. The fourth-order valence-electron chi connectivity index (χ4n) is 2.82. The highest BCUT2D eigenvalue weighted by Crippen LogP contribution is 2.25. The van der Waals surface area contributed by atoms with Crippen molar-refractivity contribution in [3.63, 3.8) is 0 Å². The van der Waals surface area contributed by atoms with Gasteiger partial charge in [0.2, 0.25) is 0 Å². The first-order valence-electron chi connectivity index (χ1n) is 8.26. The fraction of sp³-hybridized carbons (Fsp3) is 0.412. The number of thiazole rings is 1. The van der Waals surface area contributed by atoms with Crippen LogP contribution < -0.4 is 10.6 Å². The van der Waals surface area contributed by atoms with Crippen molar-refractivity contribution in [3.8, 4) is 10.6 Å². The zero-order valence-corrected chi connectivity index (χ0v) is 17.2. The number of nitrogens with zero attached hydrogens (tertiary/aromatic N) is 2. The number of alkyl halides is 3. The van der Waals surface area contributed by atoms with Gasteiger partial charge in [-0.2, -0.15) is 13.2 Å². The molecule has 1 aromatic carbocycles. The van der Waals surface area contributed by atoms with Crippen LogP contribution >= 0.6 is 36.2 Å². The van der Waals surface area contributed by atoms with E-state index >= 15 is 0 Å². The molecule has 28 heavy (non-hydrogen) atoms. The van der Waals surface area contributed by atoms with E-state index in [1.54, 1.807) is 5.38 Å². The molecule has 0 saturated carbocycles. The third kappa shape index (κ3) is 6.31. The molecule has 11 heteroatoms. The van der Waals surface area contributed by atoms with Crippen LogP contribution in [0, 0.1) is 0 Å². The number of rotatable bonds is 5. The summed E-state index contributed by atoms with van der Waals surface area (Å²) in [5.74, 6) is -0.590. The highest BCUT2D eigenvalue weighted by Gasteiger charge is 2.43. The Hall–Kier alpha value is -1.39. The molecule has 0 spiro atoms. The van der Waals surface area contributed by atoms with Gasteiger partial charge >= 0.3 is 6.18 Å². The molecule has 3 rings (SSSR count). The lowest BCUT2D eigenvalue weighted by molar-refractivity contribution is -0.183. The first kappa shape index (κ1) is 24.6. The normalized spacial score (nSPS) is 15.8. The summed E-state index contributed by atoms with van der Waals surface area (Å²) in [6, 6.07) is 7.63. The highest BCUT2D eigenvalue weighted by molar-refractivity contribution is 7.13. The number of hydrogen-bond donors (Lipinski definition) is 2. The van der Waals surface area contributed by atoms with Gasteiger partial charge in [-0.25, -0.2) is 4.98 Å². The van der Waals surface area contributed by atoms with Crippen LogP contribution in [0.3, 0.4) is 0 Å². The lowest BCUT2D eigenvalue weighted by Crippen LogP contribution is -2.57.